The zero-order valence-corrected chi connectivity index (χ0v) is 15.6. The molecule has 1 heterocycles. The summed E-state index contributed by atoms with van der Waals surface area (Å²) >= 11 is 0. The van der Waals surface area contributed by atoms with E-state index in [1.54, 1.807) is 0 Å². The summed E-state index contributed by atoms with van der Waals surface area (Å²) < 4.78 is 20.6. The topological polar surface area (TPSA) is 157 Å². The van der Waals surface area contributed by atoms with Crippen LogP contribution in [-0.2, 0) is 28.7 Å². The molecule has 11 nitrogen and oxygen atoms in total. The van der Waals surface area contributed by atoms with E-state index < -0.39 is 61.0 Å². The van der Waals surface area contributed by atoms with E-state index in [9.17, 15) is 25.5 Å². The van der Waals surface area contributed by atoms with Crippen molar-refractivity contribution in [3.05, 3.63) is 0 Å². The molecular formula is C16H30O11. The lowest BCUT2D eigenvalue weighted by Gasteiger charge is -2.41. The molecule has 0 aromatic heterocycles. The Morgan fingerprint density at radius 1 is 0.815 bits per heavy atom. The zero-order chi connectivity index (χ0) is 20.1. The minimum Gasteiger partial charge on any atom is -0.390 e. The lowest BCUT2D eigenvalue weighted by molar-refractivity contribution is -0.431. The van der Waals surface area contributed by atoms with Gasteiger partial charge in [-0.2, -0.15) is 0 Å². The van der Waals surface area contributed by atoms with E-state index in [2.05, 4.69) is 0 Å². The van der Waals surface area contributed by atoms with Crippen LogP contribution in [-0.4, -0.2) is 115 Å². The van der Waals surface area contributed by atoms with Crippen molar-refractivity contribution in [2.75, 3.05) is 34.5 Å². The van der Waals surface area contributed by atoms with Gasteiger partial charge in [-0.15, -0.1) is 0 Å². The van der Waals surface area contributed by atoms with Crippen LogP contribution in [0.25, 0.3) is 0 Å². The Hall–Kier alpha value is -0.440. The molecular weight excluding hydrogens is 368 g/mol. The number of ether oxygens (including phenoxy) is 4. The van der Waals surface area contributed by atoms with Gasteiger partial charge in [-0.3, -0.25) is 0 Å². The van der Waals surface area contributed by atoms with Crippen molar-refractivity contribution in [3.8, 4) is 0 Å². The number of rotatable bonds is 8. The smallest absolute Gasteiger partial charge is 0.220 e. The minimum atomic E-state index is -1.38. The van der Waals surface area contributed by atoms with Crippen molar-refractivity contribution >= 4 is 0 Å². The maximum Gasteiger partial charge on any atom is 0.220 e. The standard InChI is InChI=1S/C16H30O11/c1-22-6-9-12(19)15(24-3)14(21)16(26-9)27-25-5-7-4-8(23-2)11(18)13(20)10(7)17/h7-21H,4-6H2,1-3H3. The van der Waals surface area contributed by atoms with Gasteiger partial charge in [-0.25, -0.2) is 9.78 Å². The molecule has 10 atom stereocenters. The van der Waals surface area contributed by atoms with Crippen LogP contribution in [0.5, 0.6) is 0 Å². The zero-order valence-electron chi connectivity index (χ0n) is 15.6. The van der Waals surface area contributed by atoms with E-state index in [4.69, 9.17) is 28.7 Å². The third-order valence-electron chi connectivity index (χ3n) is 5.09. The first-order chi connectivity index (χ1) is 12.8. The molecule has 1 aliphatic heterocycles. The molecule has 5 N–H and O–H groups in total. The van der Waals surface area contributed by atoms with E-state index in [-0.39, 0.29) is 19.6 Å². The van der Waals surface area contributed by atoms with Crippen LogP contribution in [0, 0.1) is 5.92 Å². The molecule has 1 saturated heterocycles. The summed E-state index contributed by atoms with van der Waals surface area (Å²) in [5.74, 6) is -0.576. The summed E-state index contributed by atoms with van der Waals surface area (Å²) in [6, 6.07) is 0. The highest BCUT2D eigenvalue weighted by Gasteiger charge is 2.47. The largest absolute Gasteiger partial charge is 0.390 e. The Morgan fingerprint density at radius 2 is 1.52 bits per heavy atom. The van der Waals surface area contributed by atoms with E-state index >= 15 is 0 Å². The van der Waals surface area contributed by atoms with Crippen molar-refractivity contribution < 1.29 is 54.3 Å². The highest BCUT2D eigenvalue weighted by Crippen LogP contribution is 2.29. The van der Waals surface area contributed by atoms with Crippen LogP contribution in [0.2, 0.25) is 0 Å². The molecule has 0 aromatic rings. The van der Waals surface area contributed by atoms with E-state index in [1.165, 1.54) is 21.3 Å². The van der Waals surface area contributed by atoms with E-state index in [1.807, 2.05) is 0 Å². The first-order valence-corrected chi connectivity index (χ1v) is 8.74. The van der Waals surface area contributed by atoms with Crippen LogP contribution in [0.3, 0.4) is 0 Å². The van der Waals surface area contributed by atoms with Gasteiger partial charge in [-0.05, 0) is 6.42 Å². The Balaban J connectivity index is 1.91. The summed E-state index contributed by atoms with van der Waals surface area (Å²) in [7, 11) is 4.16. The van der Waals surface area contributed by atoms with Gasteiger partial charge in [0.05, 0.1) is 25.4 Å². The molecule has 0 aromatic carbocycles. The Bertz CT molecular complexity index is 437. The molecule has 1 aliphatic carbocycles. The molecule has 27 heavy (non-hydrogen) atoms. The molecule has 160 valence electrons. The maximum absolute atomic E-state index is 10.2. The normalized spacial score (nSPS) is 45.8. The molecule has 2 aliphatic rings. The molecule has 0 radical (unpaired) electrons. The van der Waals surface area contributed by atoms with Crippen LogP contribution in [0.1, 0.15) is 6.42 Å². The fourth-order valence-electron chi connectivity index (χ4n) is 3.44. The first-order valence-electron chi connectivity index (χ1n) is 8.74. The van der Waals surface area contributed by atoms with Crippen LogP contribution in [0.4, 0.5) is 0 Å². The third kappa shape index (κ3) is 5.14. The Morgan fingerprint density at radius 3 is 2.11 bits per heavy atom. The number of methoxy groups -OCH3 is 3. The van der Waals surface area contributed by atoms with Crippen LogP contribution >= 0.6 is 0 Å². The number of aliphatic hydroxyl groups excluding tert-OH is 5. The van der Waals surface area contributed by atoms with Gasteiger partial charge in [0.2, 0.25) is 6.29 Å². The second-order valence-corrected chi connectivity index (χ2v) is 6.80. The fraction of sp³-hybridized carbons (Fsp3) is 1.00. The summed E-state index contributed by atoms with van der Waals surface area (Å²) in [6.07, 6.45) is -9.72. The monoisotopic (exact) mass is 398 g/mol. The average molecular weight is 398 g/mol. The molecule has 11 heteroatoms. The van der Waals surface area contributed by atoms with E-state index in [0.29, 0.717) is 0 Å². The summed E-state index contributed by atoms with van der Waals surface area (Å²) in [5.41, 5.74) is 0. The van der Waals surface area contributed by atoms with Crippen molar-refractivity contribution in [2.24, 2.45) is 5.92 Å². The number of aliphatic hydroxyl groups is 5. The molecule has 0 amide bonds. The van der Waals surface area contributed by atoms with Gasteiger partial charge in [-0.1, -0.05) is 0 Å². The van der Waals surface area contributed by atoms with Crippen LogP contribution < -0.4 is 0 Å². The minimum absolute atomic E-state index is 0.0501. The SMILES string of the molecule is COCC1OC(OOCC2CC(OC)C(O)C(O)C2O)C(O)C(OC)C1O. The second kappa shape index (κ2) is 10.4. The molecule has 0 spiro atoms. The lowest BCUT2D eigenvalue weighted by atomic mass is 9.81. The van der Waals surface area contributed by atoms with Gasteiger partial charge < -0.3 is 44.5 Å². The highest BCUT2D eigenvalue weighted by atomic mass is 17.2. The lowest BCUT2D eigenvalue weighted by Crippen LogP contribution is -2.60. The van der Waals surface area contributed by atoms with Crippen molar-refractivity contribution in [3.63, 3.8) is 0 Å². The van der Waals surface area contributed by atoms with Gasteiger partial charge in [0.15, 0.2) is 0 Å². The Kier molecular flexibility index (Phi) is 8.77. The van der Waals surface area contributed by atoms with E-state index in [0.717, 1.165) is 0 Å². The summed E-state index contributed by atoms with van der Waals surface area (Å²) in [5, 5.41) is 50.2. The van der Waals surface area contributed by atoms with Gasteiger partial charge in [0.25, 0.3) is 0 Å². The molecule has 1 saturated carbocycles. The molecule has 2 rings (SSSR count). The quantitative estimate of drug-likeness (QED) is 0.212. The molecule has 10 unspecified atom stereocenters. The summed E-state index contributed by atoms with van der Waals surface area (Å²) in [4.78, 5) is 10.2. The molecule has 0 bridgehead atoms. The number of hydrogen-bond donors (Lipinski definition) is 5. The van der Waals surface area contributed by atoms with Gasteiger partial charge in [0.1, 0.15) is 36.6 Å². The predicted octanol–water partition coefficient (Wildman–Crippen LogP) is -2.84. The second-order valence-electron chi connectivity index (χ2n) is 6.80. The predicted molar refractivity (Wildman–Crippen MR) is 87.3 cm³/mol. The third-order valence-corrected chi connectivity index (χ3v) is 5.09. The number of hydrogen-bond acceptors (Lipinski definition) is 11. The summed E-state index contributed by atoms with van der Waals surface area (Å²) in [6.45, 7) is -0.0962. The van der Waals surface area contributed by atoms with Crippen LogP contribution in [0.15, 0.2) is 0 Å². The average Bonchev–Trinajstić information content (AvgIpc) is 2.65. The Labute approximate surface area is 157 Å². The van der Waals surface area contributed by atoms with Crippen molar-refractivity contribution in [1.82, 2.24) is 0 Å². The van der Waals surface area contributed by atoms with Gasteiger partial charge >= 0.3 is 0 Å². The van der Waals surface area contributed by atoms with Crippen molar-refractivity contribution in [2.45, 2.75) is 61.5 Å². The fourth-order valence-corrected chi connectivity index (χ4v) is 3.44. The first kappa shape index (κ1) is 22.8. The van der Waals surface area contributed by atoms with Crippen molar-refractivity contribution in [1.29, 1.82) is 0 Å². The highest BCUT2D eigenvalue weighted by molar-refractivity contribution is 4.93. The van der Waals surface area contributed by atoms with Gasteiger partial charge in [0, 0.05) is 27.2 Å². The maximum atomic E-state index is 10.2. The molecule has 2 fully saturated rings.